The maximum atomic E-state index is 12.0. The van der Waals surface area contributed by atoms with Crippen molar-refractivity contribution in [1.82, 2.24) is 10.2 Å². The molecule has 0 bridgehead atoms. The highest BCUT2D eigenvalue weighted by Gasteiger charge is 2.36. The van der Waals surface area contributed by atoms with Crippen LogP contribution in [0, 0.1) is 5.41 Å². The fourth-order valence-corrected chi connectivity index (χ4v) is 2.70. The van der Waals surface area contributed by atoms with Crippen LogP contribution < -0.4 is 11.1 Å². The number of nitrogens with zero attached hydrogens (tertiary/aromatic N) is 1. The zero-order chi connectivity index (χ0) is 15.0. The molecule has 0 aromatic heterocycles. The van der Waals surface area contributed by atoms with Crippen LogP contribution in [0.2, 0.25) is 0 Å². The first kappa shape index (κ1) is 16.7. The SMILES string of the molecule is COCCCC1(CO)CCCN(C(=O)CNC(N)=O)C1. The van der Waals surface area contributed by atoms with Gasteiger partial charge in [0.2, 0.25) is 5.91 Å². The number of nitrogens with one attached hydrogen (secondary N) is 1. The summed E-state index contributed by atoms with van der Waals surface area (Å²) >= 11 is 0. The van der Waals surface area contributed by atoms with Crippen LogP contribution in [-0.2, 0) is 9.53 Å². The van der Waals surface area contributed by atoms with E-state index in [9.17, 15) is 14.7 Å². The average Bonchev–Trinajstić information content (AvgIpc) is 2.45. The quantitative estimate of drug-likeness (QED) is 0.558. The number of carbonyl (C=O) groups excluding carboxylic acids is 2. The predicted octanol–water partition coefficient (Wildman–Crippen LogP) is -0.318. The molecular formula is C13H25N3O4. The second kappa shape index (κ2) is 8.06. The van der Waals surface area contributed by atoms with Crippen LogP contribution in [0.4, 0.5) is 4.79 Å². The van der Waals surface area contributed by atoms with Crippen LogP contribution >= 0.6 is 0 Å². The van der Waals surface area contributed by atoms with Crippen molar-refractivity contribution in [2.24, 2.45) is 11.1 Å². The Morgan fingerprint density at radius 3 is 2.85 bits per heavy atom. The summed E-state index contributed by atoms with van der Waals surface area (Å²) in [5.74, 6) is -0.159. The fourth-order valence-electron chi connectivity index (χ4n) is 2.70. The van der Waals surface area contributed by atoms with Gasteiger partial charge in [-0.25, -0.2) is 4.79 Å². The normalized spacial score (nSPS) is 22.6. The summed E-state index contributed by atoms with van der Waals surface area (Å²) in [5.41, 5.74) is 4.71. The van der Waals surface area contributed by atoms with Crippen LogP contribution in [0.15, 0.2) is 0 Å². The predicted molar refractivity (Wildman–Crippen MR) is 74.0 cm³/mol. The lowest BCUT2D eigenvalue weighted by Crippen LogP contribution is -2.51. The lowest BCUT2D eigenvalue weighted by Gasteiger charge is -2.42. The molecular weight excluding hydrogens is 262 g/mol. The van der Waals surface area contributed by atoms with Gasteiger partial charge in [-0.15, -0.1) is 0 Å². The standard InChI is InChI=1S/C13H25N3O4/c1-20-7-3-5-13(10-17)4-2-6-16(9-13)11(18)8-15-12(14)19/h17H,2-10H2,1H3,(H3,14,15,19). The molecule has 1 saturated heterocycles. The lowest BCUT2D eigenvalue weighted by molar-refractivity contribution is -0.134. The number of nitrogens with two attached hydrogens (primary N) is 1. The van der Waals surface area contributed by atoms with Crippen LogP contribution in [0.3, 0.4) is 0 Å². The number of likely N-dealkylation sites (tertiary alicyclic amines) is 1. The van der Waals surface area contributed by atoms with E-state index >= 15 is 0 Å². The van der Waals surface area contributed by atoms with Crippen LogP contribution in [0.5, 0.6) is 0 Å². The number of ether oxygens (including phenoxy) is 1. The molecule has 0 aliphatic carbocycles. The van der Waals surface area contributed by atoms with E-state index in [0.717, 1.165) is 25.7 Å². The number of rotatable bonds is 7. The molecule has 4 N–H and O–H groups in total. The van der Waals surface area contributed by atoms with Gasteiger partial charge in [0.15, 0.2) is 0 Å². The third kappa shape index (κ3) is 4.97. The minimum atomic E-state index is -0.705. The molecule has 1 aliphatic rings. The first-order valence-corrected chi connectivity index (χ1v) is 6.94. The maximum absolute atomic E-state index is 12.0. The molecule has 0 aromatic carbocycles. The molecule has 1 fully saturated rings. The number of urea groups is 1. The van der Waals surface area contributed by atoms with Gasteiger partial charge < -0.3 is 25.8 Å². The largest absolute Gasteiger partial charge is 0.396 e. The van der Waals surface area contributed by atoms with Crippen LogP contribution in [0.25, 0.3) is 0 Å². The van der Waals surface area contributed by atoms with E-state index in [1.165, 1.54) is 0 Å². The third-order valence-electron chi connectivity index (χ3n) is 3.82. The van der Waals surface area contributed by atoms with Gasteiger partial charge in [0.05, 0.1) is 13.2 Å². The van der Waals surface area contributed by atoms with Crippen molar-refractivity contribution in [3.63, 3.8) is 0 Å². The summed E-state index contributed by atoms with van der Waals surface area (Å²) in [6.45, 7) is 1.80. The molecule has 3 amide bonds. The van der Waals surface area contributed by atoms with E-state index in [4.69, 9.17) is 10.5 Å². The average molecular weight is 287 g/mol. The van der Waals surface area contributed by atoms with Gasteiger partial charge in [0.1, 0.15) is 0 Å². The van der Waals surface area contributed by atoms with Crippen molar-refractivity contribution >= 4 is 11.9 Å². The number of primary amides is 1. The minimum absolute atomic E-state index is 0.0593. The molecule has 1 aliphatic heterocycles. The van der Waals surface area contributed by atoms with Gasteiger partial charge in [0.25, 0.3) is 0 Å². The Morgan fingerprint density at radius 2 is 2.25 bits per heavy atom. The van der Waals surface area contributed by atoms with Gasteiger partial charge in [-0.05, 0) is 25.7 Å². The van der Waals surface area contributed by atoms with Gasteiger partial charge in [-0.3, -0.25) is 4.79 Å². The molecule has 20 heavy (non-hydrogen) atoms. The summed E-state index contributed by atoms with van der Waals surface area (Å²) in [6.07, 6.45) is 3.44. The number of hydrogen-bond donors (Lipinski definition) is 3. The van der Waals surface area contributed by atoms with Crippen molar-refractivity contribution in [2.45, 2.75) is 25.7 Å². The molecule has 7 nitrogen and oxygen atoms in total. The van der Waals surface area contributed by atoms with Gasteiger partial charge in [-0.1, -0.05) is 0 Å². The molecule has 0 radical (unpaired) electrons. The highest BCUT2D eigenvalue weighted by Crippen LogP contribution is 2.34. The Bertz CT molecular complexity index is 338. The summed E-state index contributed by atoms with van der Waals surface area (Å²) in [4.78, 5) is 24.3. The first-order chi connectivity index (χ1) is 9.53. The van der Waals surface area contributed by atoms with Crippen molar-refractivity contribution in [3.05, 3.63) is 0 Å². The van der Waals surface area contributed by atoms with Crippen molar-refractivity contribution in [3.8, 4) is 0 Å². The number of aliphatic hydroxyl groups excluding tert-OH is 1. The van der Waals surface area contributed by atoms with Crippen molar-refractivity contribution < 1.29 is 19.4 Å². The Hall–Kier alpha value is -1.34. The molecule has 0 saturated carbocycles. The monoisotopic (exact) mass is 287 g/mol. The van der Waals surface area contributed by atoms with Crippen molar-refractivity contribution in [2.75, 3.05) is 40.0 Å². The summed E-state index contributed by atoms with van der Waals surface area (Å²) in [7, 11) is 1.65. The molecule has 116 valence electrons. The number of methoxy groups -OCH3 is 1. The Balaban J connectivity index is 2.53. The van der Waals surface area contributed by atoms with Gasteiger partial charge in [-0.2, -0.15) is 0 Å². The topological polar surface area (TPSA) is 105 Å². The zero-order valence-corrected chi connectivity index (χ0v) is 12.1. The number of piperidine rings is 1. The minimum Gasteiger partial charge on any atom is -0.396 e. The Morgan fingerprint density at radius 1 is 1.50 bits per heavy atom. The number of amides is 3. The van der Waals surface area contributed by atoms with E-state index in [1.807, 2.05) is 0 Å². The molecule has 1 atom stereocenters. The lowest BCUT2D eigenvalue weighted by atomic mass is 9.77. The highest BCUT2D eigenvalue weighted by molar-refractivity contribution is 5.83. The fraction of sp³-hybridized carbons (Fsp3) is 0.846. The van der Waals surface area contributed by atoms with Crippen LogP contribution in [0.1, 0.15) is 25.7 Å². The van der Waals surface area contributed by atoms with E-state index in [1.54, 1.807) is 12.0 Å². The summed E-state index contributed by atoms with van der Waals surface area (Å²) in [6, 6.07) is -0.705. The smallest absolute Gasteiger partial charge is 0.312 e. The molecule has 1 unspecified atom stereocenters. The maximum Gasteiger partial charge on any atom is 0.312 e. The van der Waals surface area contributed by atoms with E-state index in [0.29, 0.717) is 19.7 Å². The molecule has 0 aromatic rings. The zero-order valence-electron chi connectivity index (χ0n) is 12.1. The third-order valence-corrected chi connectivity index (χ3v) is 3.82. The Labute approximate surface area is 119 Å². The Kier molecular flexibility index (Phi) is 6.74. The number of carbonyl (C=O) groups is 2. The van der Waals surface area contributed by atoms with E-state index in [-0.39, 0.29) is 24.5 Å². The van der Waals surface area contributed by atoms with Gasteiger partial charge in [0, 0.05) is 32.2 Å². The summed E-state index contributed by atoms with van der Waals surface area (Å²) in [5, 5.41) is 12.0. The van der Waals surface area contributed by atoms with Crippen molar-refractivity contribution in [1.29, 1.82) is 0 Å². The molecule has 1 rings (SSSR count). The molecule has 0 spiro atoms. The highest BCUT2D eigenvalue weighted by atomic mass is 16.5. The molecule has 7 heteroatoms. The van der Waals surface area contributed by atoms with Gasteiger partial charge >= 0.3 is 6.03 Å². The molecule has 1 heterocycles. The number of aliphatic hydroxyl groups is 1. The number of hydrogen-bond acceptors (Lipinski definition) is 4. The van der Waals surface area contributed by atoms with Crippen LogP contribution in [-0.4, -0.2) is 61.9 Å². The second-order valence-electron chi connectivity index (χ2n) is 5.39. The second-order valence-corrected chi connectivity index (χ2v) is 5.39. The first-order valence-electron chi connectivity index (χ1n) is 6.94. The van der Waals surface area contributed by atoms with E-state index < -0.39 is 6.03 Å². The van der Waals surface area contributed by atoms with E-state index in [2.05, 4.69) is 5.32 Å². The summed E-state index contributed by atoms with van der Waals surface area (Å²) < 4.78 is 5.04.